The Morgan fingerprint density at radius 1 is 0.812 bits per heavy atom. The Balaban J connectivity index is 3.62. The van der Waals surface area contributed by atoms with Crippen molar-refractivity contribution in [1.29, 1.82) is 0 Å². The summed E-state index contributed by atoms with van der Waals surface area (Å²) in [5.41, 5.74) is 9.97. The maximum absolute atomic E-state index is 11.2. The van der Waals surface area contributed by atoms with E-state index < -0.39 is 11.8 Å². The first-order valence-electron chi connectivity index (χ1n) is 5.49. The van der Waals surface area contributed by atoms with E-state index in [4.69, 9.17) is 0 Å². The predicted octanol–water partition coefficient (Wildman–Crippen LogP) is -0.460. The molecule has 0 heterocycles. The molecule has 0 spiro atoms. The lowest BCUT2D eigenvalue weighted by molar-refractivity contribution is -0.140. The van der Waals surface area contributed by atoms with Crippen molar-refractivity contribution in [2.45, 2.75) is 27.7 Å². The molecule has 6 heteroatoms. The summed E-state index contributed by atoms with van der Waals surface area (Å²) in [5.74, 6) is -0.585. The molecule has 16 heavy (non-hydrogen) atoms. The Morgan fingerprint density at radius 2 is 1.12 bits per heavy atom. The molecule has 94 valence electrons. The van der Waals surface area contributed by atoms with Crippen molar-refractivity contribution in [3.8, 4) is 0 Å². The first-order valence-corrected chi connectivity index (χ1v) is 5.49. The van der Waals surface area contributed by atoms with Gasteiger partial charge in [-0.05, 0) is 11.8 Å². The van der Waals surface area contributed by atoms with Crippen LogP contribution in [0.5, 0.6) is 0 Å². The number of amides is 2. The number of hydrogen-bond acceptors (Lipinski definition) is 4. The largest absolute Gasteiger partial charge is 0.324 e. The van der Waals surface area contributed by atoms with Crippen LogP contribution in [0.4, 0.5) is 0 Å². The Hall–Kier alpha value is -1.14. The van der Waals surface area contributed by atoms with Crippen LogP contribution in [0.15, 0.2) is 0 Å². The van der Waals surface area contributed by atoms with Gasteiger partial charge in [-0.25, -0.2) is 10.9 Å². The third-order valence-electron chi connectivity index (χ3n) is 1.63. The highest BCUT2D eigenvalue weighted by Gasteiger charge is 2.12. The molecule has 0 radical (unpaired) electrons. The van der Waals surface area contributed by atoms with Gasteiger partial charge in [0.15, 0.2) is 0 Å². The van der Waals surface area contributed by atoms with Crippen molar-refractivity contribution in [3.05, 3.63) is 0 Å². The zero-order chi connectivity index (χ0) is 12.6. The molecular weight excluding hydrogens is 208 g/mol. The number of hydrogen-bond donors (Lipinski definition) is 4. The summed E-state index contributed by atoms with van der Waals surface area (Å²) in [5, 5.41) is 0. The standard InChI is InChI=1S/C10H22N4O2/c1-7(2)5-11-13-9(15)10(16)14-12-6-8(3)4/h7-8,11-12H,5-6H2,1-4H3,(H,13,15)(H,14,16). The van der Waals surface area contributed by atoms with Crippen LogP contribution in [0.1, 0.15) is 27.7 Å². The molecule has 0 fully saturated rings. The van der Waals surface area contributed by atoms with Crippen LogP contribution in [0, 0.1) is 11.8 Å². The average molecular weight is 230 g/mol. The lowest BCUT2D eigenvalue weighted by Crippen LogP contribution is -2.51. The van der Waals surface area contributed by atoms with Crippen LogP contribution in [0.25, 0.3) is 0 Å². The van der Waals surface area contributed by atoms with Gasteiger partial charge in [0.1, 0.15) is 0 Å². The molecule has 2 amide bonds. The minimum atomic E-state index is -0.697. The number of hydrazine groups is 2. The minimum absolute atomic E-state index is 0.405. The van der Waals surface area contributed by atoms with E-state index in [0.717, 1.165) is 0 Å². The molecule has 6 nitrogen and oxygen atoms in total. The number of nitrogens with one attached hydrogen (secondary N) is 4. The van der Waals surface area contributed by atoms with Gasteiger partial charge in [0, 0.05) is 13.1 Å². The highest BCUT2D eigenvalue weighted by Crippen LogP contribution is 1.85. The normalized spacial score (nSPS) is 10.6. The Kier molecular flexibility index (Phi) is 7.49. The number of rotatable bonds is 6. The van der Waals surface area contributed by atoms with Gasteiger partial charge in [-0.3, -0.25) is 20.4 Å². The summed E-state index contributed by atoms with van der Waals surface area (Å²) in [4.78, 5) is 22.3. The van der Waals surface area contributed by atoms with E-state index in [1.165, 1.54) is 0 Å². The smallest absolute Gasteiger partial charge is 0.283 e. The van der Waals surface area contributed by atoms with Crippen molar-refractivity contribution < 1.29 is 9.59 Å². The van der Waals surface area contributed by atoms with Crippen LogP contribution < -0.4 is 21.7 Å². The summed E-state index contributed by atoms with van der Waals surface area (Å²) in [6.07, 6.45) is 0. The first-order chi connectivity index (χ1) is 7.43. The van der Waals surface area contributed by atoms with E-state index in [1.54, 1.807) is 0 Å². The van der Waals surface area contributed by atoms with E-state index in [-0.39, 0.29) is 0 Å². The fraction of sp³-hybridized carbons (Fsp3) is 0.800. The van der Waals surface area contributed by atoms with Gasteiger partial charge >= 0.3 is 11.8 Å². The van der Waals surface area contributed by atoms with E-state index >= 15 is 0 Å². The topological polar surface area (TPSA) is 82.3 Å². The fourth-order valence-electron chi connectivity index (χ4n) is 0.784. The Morgan fingerprint density at radius 3 is 1.38 bits per heavy atom. The summed E-state index contributed by atoms with van der Waals surface area (Å²) < 4.78 is 0. The molecule has 0 aliphatic rings. The van der Waals surface area contributed by atoms with Crippen molar-refractivity contribution >= 4 is 11.8 Å². The fourth-order valence-corrected chi connectivity index (χ4v) is 0.784. The summed E-state index contributed by atoms with van der Waals surface area (Å²) in [6.45, 7) is 9.26. The van der Waals surface area contributed by atoms with Crippen molar-refractivity contribution in [3.63, 3.8) is 0 Å². The Bertz CT molecular complexity index is 205. The van der Waals surface area contributed by atoms with Crippen LogP contribution in [-0.2, 0) is 9.59 Å². The molecule has 0 aromatic rings. The van der Waals surface area contributed by atoms with Gasteiger partial charge in [0.25, 0.3) is 0 Å². The third kappa shape index (κ3) is 8.19. The van der Waals surface area contributed by atoms with Gasteiger partial charge in [0.2, 0.25) is 0 Å². The van der Waals surface area contributed by atoms with Gasteiger partial charge < -0.3 is 0 Å². The Labute approximate surface area is 96.5 Å². The van der Waals surface area contributed by atoms with Gasteiger partial charge in [-0.1, -0.05) is 27.7 Å². The summed E-state index contributed by atoms with van der Waals surface area (Å²) in [7, 11) is 0. The minimum Gasteiger partial charge on any atom is -0.283 e. The van der Waals surface area contributed by atoms with E-state index in [0.29, 0.717) is 24.9 Å². The van der Waals surface area contributed by atoms with Gasteiger partial charge in [-0.2, -0.15) is 0 Å². The lowest BCUT2D eigenvalue weighted by Gasteiger charge is -2.10. The lowest BCUT2D eigenvalue weighted by atomic mass is 10.2. The molecule has 0 aliphatic carbocycles. The van der Waals surface area contributed by atoms with Gasteiger partial charge in [0.05, 0.1) is 0 Å². The van der Waals surface area contributed by atoms with Crippen molar-refractivity contribution in [1.82, 2.24) is 21.7 Å². The molecule has 0 saturated carbocycles. The number of carbonyl (C=O) groups excluding carboxylic acids is 2. The molecule has 0 aromatic carbocycles. The van der Waals surface area contributed by atoms with E-state index in [2.05, 4.69) is 21.7 Å². The molecule has 0 rings (SSSR count). The molecule has 0 aromatic heterocycles. The van der Waals surface area contributed by atoms with Crippen LogP contribution in [-0.4, -0.2) is 24.9 Å². The third-order valence-corrected chi connectivity index (χ3v) is 1.63. The molecule has 4 N–H and O–H groups in total. The van der Waals surface area contributed by atoms with Crippen LogP contribution in [0.3, 0.4) is 0 Å². The maximum Gasteiger partial charge on any atom is 0.324 e. The monoisotopic (exact) mass is 230 g/mol. The maximum atomic E-state index is 11.2. The highest BCUT2D eigenvalue weighted by molar-refractivity contribution is 6.34. The van der Waals surface area contributed by atoms with Crippen molar-refractivity contribution in [2.75, 3.05) is 13.1 Å². The number of carbonyl (C=O) groups is 2. The second-order valence-corrected chi connectivity index (χ2v) is 4.46. The second kappa shape index (κ2) is 8.06. The average Bonchev–Trinajstić information content (AvgIpc) is 2.16. The SMILES string of the molecule is CC(C)CNNC(=O)C(=O)NNCC(C)C. The quantitative estimate of drug-likeness (QED) is 0.367. The summed E-state index contributed by atoms with van der Waals surface area (Å²) in [6, 6.07) is 0. The molecule has 0 bridgehead atoms. The zero-order valence-corrected chi connectivity index (χ0v) is 10.4. The van der Waals surface area contributed by atoms with Crippen LogP contribution >= 0.6 is 0 Å². The molecular formula is C10H22N4O2. The first kappa shape index (κ1) is 14.9. The van der Waals surface area contributed by atoms with E-state index in [9.17, 15) is 9.59 Å². The van der Waals surface area contributed by atoms with Crippen LogP contribution in [0.2, 0.25) is 0 Å². The molecule has 0 saturated heterocycles. The zero-order valence-electron chi connectivity index (χ0n) is 10.4. The predicted molar refractivity (Wildman–Crippen MR) is 62.0 cm³/mol. The van der Waals surface area contributed by atoms with Gasteiger partial charge in [-0.15, -0.1) is 0 Å². The highest BCUT2D eigenvalue weighted by atomic mass is 16.2. The van der Waals surface area contributed by atoms with E-state index in [1.807, 2.05) is 27.7 Å². The summed E-state index contributed by atoms with van der Waals surface area (Å²) >= 11 is 0. The van der Waals surface area contributed by atoms with Crippen molar-refractivity contribution in [2.24, 2.45) is 11.8 Å². The molecule has 0 unspecified atom stereocenters. The second-order valence-electron chi connectivity index (χ2n) is 4.46. The molecule has 0 atom stereocenters. The molecule has 0 aliphatic heterocycles.